The zero-order valence-corrected chi connectivity index (χ0v) is 11.2. The standard InChI is InChI=1S/C10H22N2OSi/c1-7-10(8-9(2)13)11-12(3)14(4,5)6/h7-8H2,1-6H3. The van der Waals surface area contributed by atoms with Crippen LogP contribution in [-0.2, 0) is 4.79 Å². The van der Waals surface area contributed by atoms with Crippen LogP contribution in [0.25, 0.3) is 0 Å². The predicted octanol–water partition coefficient (Wildman–Crippen LogP) is 2.50. The third-order valence-electron chi connectivity index (χ3n) is 2.12. The van der Waals surface area contributed by atoms with Crippen LogP contribution in [0.3, 0.4) is 0 Å². The Morgan fingerprint density at radius 3 is 2.14 bits per heavy atom. The maximum atomic E-state index is 11.0. The van der Waals surface area contributed by atoms with Gasteiger partial charge >= 0.3 is 0 Å². The fraction of sp³-hybridized carbons (Fsp3) is 0.800. The summed E-state index contributed by atoms with van der Waals surface area (Å²) in [5.41, 5.74) is 0.988. The van der Waals surface area contributed by atoms with Crippen LogP contribution < -0.4 is 0 Å². The number of rotatable bonds is 5. The molecule has 0 aromatic heterocycles. The molecule has 0 unspecified atom stereocenters. The monoisotopic (exact) mass is 214 g/mol. The molecule has 0 rings (SSSR count). The van der Waals surface area contributed by atoms with Crippen LogP contribution in [0.15, 0.2) is 5.10 Å². The van der Waals surface area contributed by atoms with E-state index in [0.29, 0.717) is 6.42 Å². The van der Waals surface area contributed by atoms with Gasteiger partial charge in [-0.1, -0.05) is 26.6 Å². The molecule has 0 bridgehead atoms. The van der Waals surface area contributed by atoms with Crippen molar-refractivity contribution < 1.29 is 4.79 Å². The fourth-order valence-corrected chi connectivity index (χ4v) is 1.32. The second kappa shape index (κ2) is 5.29. The van der Waals surface area contributed by atoms with Gasteiger partial charge in [0.15, 0.2) is 8.24 Å². The molecular formula is C10H22N2OSi. The first-order chi connectivity index (χ1) is 6.27. The van der Waals surface area contributed by atoms with Crippen molar-refractivity contribution >= 4 is 19.7 Å². The Bertz CT molecular complexity index is 231. The molecule has 0 saturated carbocycles. The van der Waals surface area contributed by atoms with Gasteiger partial charge in [-0.25, -0.2) is 0 Å². The van der Waals surface area contributed by atoms with E-state index in [2.05, 4.69) is 29.4 Å². The molecule has 0 spiro atoms. The van der Waals surface area contributed by atoms with Crippen molar-refractivity contribution in [3.05, 3.63) is 0 Å². The van der Waals surface area contributed by atoms with Crippen LogP contribution in [0.2, 0.25) is 19.6 Å². The van der Waals surface area contributed by atoms with Gasteiger partial charge < -0.3 is 4.67 Å². The average molecular weight is 214 g/mol. The van der Waals surface area contributed by atoms with Crippen molar-refractivity contribution in [3.63, 3.8) is 0 Å². The lowest BCUT2D eigenvalue weighted by molar-refractivity contribution is -0.115. The summed E-state index contributed by atoms with van der Waals surface area (Å²) in [7, 11) is 0.646. The lowest BCUT2D eigenvalue weighted by Crippen LogP contribution is -2.40. The van der Waals surface area contributed by atoms with Gasteiger partial charge in [-0.15, -0.1) is 0 Å². The molecule has 0 heterocycles. The highest BCUT2D eigenvalue weighted by Crippen LogP contribution is 2.08. The van der Waals surface area contributed by atoms with Crippen LogP contribution in [0.5, 0.6) is 0 Å². The summed E-state index contributed by atoms with van der Waals surface area (Å²) in [5.74, 6) is 0.189. The van der Waals surface area contributed by atoms with E-state index in [1.807, 2.05) is 14.0 Å². The molecule has 82 valence electrons. The Kier molecular flexibility index (Phi) is 5.05. The summed E-state index contributed by atoms with van der Waals surface area (Å²) >= 11 is 0. The summed E-state index contributed by atoms with van der Waals surface area (Å²) in [6.07, 6.45) is 1.35. The molecule has 0 aliphatic carbocycles. The molecule has 0 aromatic carbocycles. The third-order valence-corrected chi connectivity index (χ3v) is 4.16. The molecule has 4 heteroatoms. The fourth-order valence-electron chi connectivity index (χ4n) is 0.881. The first-order valence-electron chi connectivity index (χ1n) is 5.07. The summed E-state index contributed by atoms with van der Waals surface area (Å²) in [5, 5.41) is 4.50. The zero-order chi connectivity index (χ0) is 11.4. The Morgan fingerprint density at radius 2 is 1.86 bits per heavy atom. The van der Waals surface area contributed by atoms with Crippen molar-refractivity contribution in [2.75, 3.05) is 7.05 Å². The number of ketones is 1. The first kappa shape index (κ1) is 13.4. The van der Waals surface area contributed by atoms with Crippen LogP contribution in [-0.4, -0.2) is 31.5 Å². The van der Waals surface area contributed by atoms with Gasteiger partial charge in [0.1, 0.15) is 5.78 Å². The van der Waals surface area contributed by atoms with E-state index in [0.717, 1.165) is 12.1 Å². The Morgan fingerprint density at radius 1 is 1.36 bits per heavy atom. The summed E-state index contributed by atoms with van der Waals surface area (Å²) in [4.78, 5) is 11.0. The lowest BCUT2D eigenvalue weighted by atomic mass is 10.2. The normalized spacial score (nSPS) is 12.9. The molecule has 0 amide bonds. The van der Waals surface area contributed by atoms with Gasteiger partial charge in [-0.3, -0.25) is 4.79 Å². The van der Waals surface area contributed by atoms with E-state index >= 15 is 0 Å². The number of hydrogen-bond acceptors (Lipinski definition) is 3. The quantitative estimate of drug-likeness (QED) is 0.400. The number of Topliss-reactive ketones (excluding diaryl/α,β-unsaturated/α-hetero) is 1. The smallest absolute Gasteiger partial charge is 0.168 e. The van der Waals surface area contributed by atoms with E-state index in [-0.39, 0.29) is 5.78 Å². The minimum Gasteiger partial charge on any atom is -0.328 e. The van der Waals surface area contributed by atoms with Gasteiger partial charge in [-0.05, 0) is 13.3 Å². The van der Waals surface area contributed by atoms with Crippen molar-refractivity contribution in [2.24, 2.45) is 5.10 Å². The van der Waals surface area contributed by atoms with Crippen LogP contribution in [0.1, 0.15) is 26.7 Å². The molecule has 0 aliphatic heterocycles. The number of carbonyl (C=O) groups is 1. The topological polar surface area (TPSA) is 32.7 Å². The van der Waals surface area contributed by atoms with Gasteiger partial charge in [0.2, 0.25) is 0 Å². The maximum Gasteiger partial charge on any atom is 0.168 e. The molecule has 0 N–H and O–H groups in total. The molecular weight excluding hydrogens is 192 g/mol. The maximum absolute atomic E-state index is 11.0. The molecule has 0 radical (unpaired) electrons. The van der Waals surface area contributed by atoms with Crippen LogP contribution in [0, 0.1) is 0 Å². The first-order valence-corrected chi connectivity index (χ1v) is 8.51. The predicted molar refractivity (Wildman–Crippen MR) is 64.1 cm³/mol. The second-order valence-electron chi connectivity index (χ2n) is 4.59. The Labute approximate surface area is 88.3 Å². The third kappa shape index (κ3) is 5.17. The summed E-state index contributed by atoms with van der Waals surface area (Å²) in [6.45, 7) is 10.4. The van der Waals surface area contributed by atoms with Crippen LogP contribution in [0.4, 0.5) is 0 Å². The number of nitrogens with zero attached hydrogens (tertiary/aromatic N) is 2. The van der Waals surface area contributed by atoms with Gasteiger partial charge in [-0.2, -0.15) is 5.10 Å². The van der Waals surface area contributed by atoms with Gasteiger partial charge in [0, 0.05) is 19.2 Å². The Balaban J connectivity index is 4.51. The summed E-state index contributed by atoms with van der Waals surface area (Å²) in [6, 6.07) is 0. The minimum absolute atomic E-state index is 0.189. The summed E-state index contributed by atoms with van der Waals surface area (Å²) < 4.78 is 2.05. The van der Waals surface area contributed by atoms with Crippen molar-refractivity contribution in [2.45, 2.75) is 46.3 Å². The van der Waals surface area contributed by atoms with Gasteiger partial charge in [0.25, 0.3) is 0 Å². The lowest BCUT2D eigenvalue weighted by Gasteiger charge is -2.28. The Hall–Kier alpha value is -0.643. The average Bonchev–Trinajstić information content (AvgIpc) is 2.00. The molecule has 0 atom stereocenters. The van der Waals surface area contributed by atoms with Crippen molar-refractivity contribution in [3.8, 4) is 0 Å². The molecule has 3 nitrogen and oxygen atoms in total. The minimum atomic E-state index is -1.36. The molecule has 0 saturated heterocycles. The van der Waals surface area contributed by atoms with E-state index in [9.17, 15) is 4.79 Å². The van der Waals surface area contributed by atoms with Crippen molar-refractivity contribution in [1.29, 1.82) is 0 Å². The number of hydrazone groups is 1. The van der Waals surface area contributed by atoms with E-state index < -0.39 is 8.24 Å². The number of hydrogen-bond donors (Lipinski definition) is 0. The molecule has 0 aromatic rings. The highest BCUT2D eigenvalue weighted by atomic mass is 28.3. The van der Waals surface area contributed by atoms with E-state index in [1.165, 1.54) is 0 Å². The van der Waals surface area contributed by atoms with Crippen LogP contribution >= 0.6 is 0 Å². The highest BCUT2D eigenvalue weighted by Gasteiger charge is 2.19. The largest absolute Gasteiger partial charge is 0.328 e. The highest BCUT2D eigenvalue weighted by molar-refractivity contribution is 6.73. The SMILES string of the molecule is CCC(CC(C)=O)=NN(C)[Si](C)(C)C. The zero-order valence-electron chi connectivity index (χ0n) is 10.2. The number of carbonyl (C=O) groups excluding carboxylic acids is 1. The van der Waals surface area contributed by atoms with E-state index in [1.54, 1.807) is 6.92 Å². The van der Waals surface area contributed by atoms with Gasteiger partial charge in [0.05, 0.1) is 0 Å². The van der Waals surface area contributed by atoms with Crippen molar-refractivity contribution in [1.82, 2.24) is 4.67 Å². The molecule has 0 aliphatic rings. The van der Waals surface area contributed by atoms with E-state index in [4.69, 9.17) is 0 Å². The molecule has 14 heavy (non-hydrogen) atoms. The second-order valence-corrected chi connectivity index (χ2v) is 9.58. The molecule has 0 fully saturated rings.